The molecule has 2 N–H and O–H groups in total. The number of nitrogens with one attached hydrogen (secondary N) is 2. The van der Waals surface area contributed by atoms with Crippen LogP contribution in [0.2, 0.25) is 0 Å². The predicted molar refractivity (Wildman–Crippen MR) is 62.7 cm³/mol. The number of hydrogen-bond acceptors (Lipinski definition) is 4. The van der Waals surface area contributed by atoms with E-state index in [1.807, 2.05) is 0 Å². The molecule has 1 atom stereocenters. The molecule has 0 unspecified atom stereocenters. The summed E-state index contributed by atoms with van der Waals surface area (Å²) >= 11 is 0. The Morgan fingerprint density at radius 2 is 2.33 bits per heavy atom. The van der Waals surface area contributed by atoms with Crippen molar-refractivity contribution in [1.29, 1.82) is 0 Å². The van der Waals surface area contributed by atoms with Crippen molar-refractivity contribution in [1.82, 2.24) is 5.32 Å². The molecule has 6 nitrogen and oxygen atoms in total. The standard InChI is InChI=1S/C11H12FN3O3/c12-8-4-3-7(15(17)18)6-10(8)14-11(16)9-2-1-5-13-9/h3-4,6,9,13H,1-2,5H2,(H,14,16)/t9-/m1/s1. The van der Waals surface area contributed by atoms with Crippen molar-refractivity contribution >= 4 is 17.3 Å². The van der Waals surface area contributed by atoms with Crippen LogP contribution in [0.25, 0.3) is 0 Å². The largest absolute Gasteiger partial charge is 0.322 e. The minimum absolute atomic E-state index is 0.164. The summed E-state index contributed by atoms with van der Waals surface area (Å²) in [4.78, 5) is 21.7. The van der Waals surface area contributed by atoms with Gasteiger partial charge in [0.15, 0.2) is 0 Å². The molecular formula is C11H12FN3O3. The number of amides is 1. The summed E-state index contributed by atoms with van der Waals surface area (Å²) in [6.45, 7) is 0.746. The smallest absolute Gasteiger partial charge is 0.271 e. The van der Waals surface area contributed by atoms with Gasteiger partial charge in [0.2, 0.25) is 5.91 Å². The highest BCUT2D eigenvalue weighted by Gasteiger charge is 2.23. The lowest BCUT2D eigenvalue weighted by Gasteiger charge is -2.11. The number of nitrogens with zero attached hydrogens (tertiary/aromatic N) is 1. The average Bonchev–Trinajstić information content (AvgIpc) is 2.85. The second-order valence-corrected chi connectivity index (χ2v) is 4.06. The maximum atomic E-state index is 13.4. The Morgan fingerprint density at radius 3 is 2.94 bits per heavy atom. The Morgan fingerprint density at radius 1 is 1.56 bits per heavy atom. The van der Waals surface area contributed by atoms with Crippen molar-refractivity contribution in [3.8, 4) is 0 Å². The first kappa shape index (κ1) is 12.4. The van der Waals surface area contributed by atoms with Gasteiger partial charge in [-0.05, 0) is 25.5 Å². The van der Waals surface area contributed by atoms with E-state index in [1.54, 1.807) is 0 Å². The number of nitro benzene ring substituents is 1. The minimum Gasteiger partial charge on any atom is -0.322 e. The van der Waals surface area contributed by atoms with Gasteiger partial charge in [0.1, 0.15) is 5.82 Å². The monoisotopic (exact) mass is 253 g/mol. The molecule has 0 bridgehead atoms. The van der Waals surface area contributed by atoms with Gasteiger partial charge in [-0.2, -0.15) is 0 Å². The molecule has 1 saturated heterocycles. The van der Waals surface area contributed by atoms with Gasteiger partial charge in [0.25, 0.3) is 5.69 Å². The van der Waals surface area contributed by atoms with Crippen LogP contribution in [0.1, 0.15) is 12.8 Å². The van der Waals surface area contributed by atoms with Crippen molar-refractivity contribution in [3.63, 3.8) is 0 Å². The maximum Gasteiger partial charge on any atom is 0.271 e. The van der Waals surface area contributed by atoms with Gasteiger partial charge < -0.3 is 10.6 Å². The first-order valence-corrected chi connectivity index (χ1v) is 5.56. The van der Waals surface area contributed by atoms with Crippen LogP contribution in [0, 0.1) is 15.9 Å². The Kier molecular flexibility index (Phi) is 3.52. The zero-order chi connectivity index (χ0) is 13.1. The first-order valence-electron chi connectivity index (χ1n) is 5.56. The second kappa shape index (κ2) is 5.09. The number of non-ortho nitro benzene ring substituents is 1. The van der Waals surface area contributed by atoms with E-state index in [4.69, 9.17) is 0 Å². The van der Waals surface area contributed by atoms with Crippen LogP contribution in [-0.4, -0.2) is 23.4 Å². The fraction of sp³-hybridized carbons (Fsp3) is 0.364. The highest BCUT2D eigenvalue weighted by molar-refractivity contribution is 5.95. The van der Waals surface area contributed by atoms with E-state index < -0.39 is 10.7 Å². The van der Waals surface area contributed by atoms with Crippen LogP contribution in [0.15, 0.2) is 18.2 Å². The number of rotatable bonds is 3. The van der Waals surface area contributed by atoms with E-state index in [0.29, 0.717) is 6.42 Å². The lowest BCUT2D eigenvalue weighted by molar-refractivity contribution is -0.384. The molecule has 0 aliphatic carbocycles. The zero-order valence-corrected chi connectivity index (χ0v) is 9.48. The number of halogens is 1. The summed E-state index contributed by atoms with van der Waals surface area (Å²) in [7, 11) is 0. The molecule has 1 aliphatic heterocycles. The fourth-order valence-corrected chi connectivity index (χ4v) is 1.85. The van der Waals surface area contributed by atoms with Gasteiger partial charge in [-0.25, -0.2) is 4.39 Å². The first-order chi connectivity index (χ1) is 8.58. The van der Waals surface area contributed by atoms with Crippen LogP contribution in [0.3, 0.4) is 0 Å². The van der Waals surface area contributed by atoms with E-state index in [0.717, 1.165) is 31.2 Å². The highest BCUT2D eigenvalue weighted by atomic mass is 19.1. The van der Waals surface area contributed by atoms with Crippen LogP contribution in [0.4, 0.5) is 15.8 Å². The summed E-state index contributed by atoms with van der Waals surface area (Å²) in [5.41, 5.74) is -0.422. The van der Waals surface area contributed by atoms with Crippen molar-refractivity contribution in [3.05, 3.63) is 34.1 Å². The molecule has 0 spiro atoms. The number of nitro groups is 1. The van der Waals surface area contributed by atoms with E-state index in [9.17, 15) is 19.3 Å². The number of hydrogen-bond donors (Lipinski definition) is 2. The summed E-state index contributed by atoms with van der Waals surface area (Å²) in [6, 6.07) is 2.68. The normalized spacial score (nSPS) is 18.6. The molecule has 1 fully saturated rings. The molecule has 2 rings (SSSR count). The van der Waals surface area contributed by atoms with Gasteiger partial charge in [-0.3, -0.25) is 14.9 Å². The molecule has 1 heterocycles. The lowest BCUT2D eigenvalue weighted by atomic mass is 10.2. The molecule has 1 aromatic rings. The van der Waals surface area contributed by atoms with E-state index in [-0.39, 0.29) is 23.3 Å². The third-order valence-electron chi connectivity index (χ3n) is 2.80. The Hall–Kier alpha value is -2.02. The second-order valence-electron chi connectivity index (χ2n) is 4.06. The summed E-state index contributed by atoms with van der Waals surface area (Å²) in [5, 5.41) is 15.9. The minimum atomic E-state index is -0.688. The maximum absolute atomic E-state index is 13.4. The molecule has 18 heavy (non-hydrogen) atoms. The Bertz CT molecular complexity index is 486. The van der Waals surface area contributed by atoms with Gasteiger partial charge >= 0.3 is 0 Å². The molecular weight excluding hydrogens is 241 g/mol. The van der Waals surface area contributed by atoms with E-state index in [2.05, 4.69) is 10.6 Å². The fourth-order valence-electron chi connectivity index (χ4n) is 1.85. The van der Waals surface area contributed by atoms with Crippen LogP contribution < -0.4 is 10.6 Å². The Balaban J connectivity index is 2.14. The summed E-state index contributed by atoms with van der Waals surface area (Å²) < 4.78 is 13.4. The predicted octanol–water partition coefficient (Wildman–Crippen LogP) is 1.42. The lowest BCUT2D eigenvalue weighted by Crippen LogP contribution is -2.35. The number of anilines is 1. The third-order valence-corrected chi connectivity index (χ3v) is 2.80. The van der Waals surface area contributed by atoms with Gasteiger partial charge in [-0.15, -0.1) is 0 Å². The van der Waals surface area contributed by atoms with Crippen molar-refractivity contribution in [2.75, 3.05) is 11.9 Å². The summed E-state index contributed by atoms with van der Waals surface area (Å²) in [6.07, 6.45) is 1.57. The molecule has 1 aliphatic rings. The van der Waals surface area contributed by atoms with Crippen molar-refractivity contribution in [2.24, 2.45) is 0 Å². The van der Waals surface area contributed by atoms with E-state index >= 15 is 0 Å². The van der Waals surface area contributed by atoms with E-state index in [1.165, 1.54) is 0 Å². The van der Waals surface area contributed by atoms with Gasteiger partial charge in [-0.1, -0.05) is 0 Å². The average molecular weight is 253 g/mol. The van der Waals surface area contributed by atoms with Crippen molar-refractivity contribution in [2.45, 2.75) is 18.9 Å². The highest BCUT2D eigenvalue weighted by Crippen LogP contribution is 2.21. The summed E-state index contributed by atoms with van der Waals surface area (Å²) in [5.74, 6) is -1.06. The topological polar surface area (TPSA) is 84.3 Å². The number of carbonyl (C=O) groups excluding carboxylic acids is 1. The SMILES string of the molecule is O=C(Nc1cc([N+](=O)[O-])ccc1F)[C@H]1CCCN1. The molecule has 1 aromatic carbocycles. The third kappa shape index (κ3) is 2.62. The van der Waals surface area contributed by atoms with Gasteiger partial charge in [0, 0.05) is 12.1 Å². The van der Waals surface area contributed by atoms with Crippen molar-refractivity contribution < 1.29 is 14.1 Å². The molecule has 1 amide bonds. The molecule has 0 saturated carbocycles. The zero-order valence-electron chi connectivity index (χ0n) is 9.48. The molecule has 0 radical (unpaired) electrons. The molecule has 7 heteroatoms. The van der Waals surface area contributed by atoms with Crippen LogP contribution in [-0.2, 0) is 4.79 Å². The number of benzene rings is 1. The molecule has 96 valence electrons. The van der Waals surface area contributed by atoms with Crippen LogP contribution >= 0.6 is 0 Å². The van der Waals surface area contributed by atoms with Crippen LogP contribution in [0.5, 0.6) is 0 Å². The van der Waals surface area contributed by atoms with Gasteiger partial charge in [0.05, 0.1) is 16.7 Å². The number of carbonyl (C=O) groups is 1. The quantitative estimate of drug-likeness (QED) is 0.630. The Labute approximate surface area is 102 Å². The molecule has 0 aromatic heterocycles.